The number of halogens is 1. The van der Waals surface area contributed by atoms with Gasteiger partial charge in [-0.1, -0.05) is 26.0 Å². The Kier molecular flexibility index (Phi) is 3.79. The number of pyridine rings is 1. The molecule has 0 bridgehead atoms. The molecule has 17 heavy (non-hydrogen) atoms. The van der Waals surface area contributed by atoms with Crippen LogP contribution in [0.25, 0.3) is 0 Å². The number of aromatic nitrogens is 1. The smallest absolute Gasteiger partial charge is 0.144 e. The maximum Gasteiger partial charge on any atom is 0.144 e. The normalized spacial score (nSPS) is 10.6. The number of anilines is 2. The van der Waals surface area contributed by atoms with Gasteiger partial charge in [0.05, 0.1) is 4.47 Å². The maximum absolute atomic E-state index is 4.29. The number of benzene rings is 1. The molecule has 0 unspecified atom stereocenters. The van der Waals surface area contributed by atoms with E-state index in [1.807, 2.05) is 18.2 Å². The highest BCUT2D eigenvalue weighted by molar-refractivity contribution is 9.10. The van der Waals surface area contributed by atoms with E-state index >= 15 is 0 Å². The maximum atomic E-state index is 4.29. The monoisotopic (exact) mass is 290 g/mol. The Morgan fingerprint density at radius 1 is 1.18 bits per heavy atom. The first kappa shape index (κ1) is 12.1. The van der Waals surface area contributed by atoms with Crippen molar-refractivity contribution in [3.63, 3.8) is 0 Å². The van der Waals surface area contributed by atoms with E-state index in [1.54, 1.807) is 6.20 Å². The largest absolute Gasteiger partial charge is 0.339 e. The number of nitrogens with one attached hydrogen (secondary N) is 1. The van der Waals surface area contributed by atoms with Gasteiger partial charge in [0.15, 0.2) is 0 Å². The molecule has 0 fully saturated rings. The van der Waals surface area contributed by atoms with Gasteiger partial charge in [-0.15, -0.1) is 0 Å². The van der Waals surface area contributed by atoms with Crippen LogP contribution in [0.2, 0.25) is 0 Å². The molecule has 0 spiro atoms. The molecule has 88 valence electrons. The summed E-state index contributed by atoms with van der Waals surface area (Å²) in [4.78, 5) is 4.29. The van der Waals surface area contributed by atoms with Crippen molar-refractivity contribution in [3.8, 4) is 0 Å². The molecule has 0 amide bonds. The lowest BCUT2D eigenvalue weighted by molar-refractivity contribution is 0.867. The van der Waals surface area contributed by atoms with Gasteiger partial charge >= 0.3 is 0 Å². The predicted molar refractivity (Wildman–Crippen MR) is 75.8 cm³/mol. The van der Waals surface area contributed by atoms with Gasteiger partial charge in [0.25, 0.3) is 0 Å². The molecule has 2 nitrogen and oxygen atoms in total. The van der Waals surface area contributed by atoms with E-state index in [0.717, 1.165) is 16.0 Å². The van der Waals surface area contributed by atoms with E-state index in [9.17, 15) is 0 Å². The van der Waals surface area contributed by atoms with Crippen LogP contribution in [0.3, 0.4) is 0 Å². The minimum absolute atomic E-state index is 0.531. The Morgan fingerprint density at radius 3 is 2.71 bits per heavy atom. The second kappa shape index (κ2) is 5.32. The van der Waals surface area contributed by atoms with Crippen LogP contribution in [-0.4, -0.2) is 4.98 Å². The Balaban J connectivity index is 2.25. The molecule has 2 aromatic rings. The molecular formula is C14H15BrN2. The summed E-state index contributed by atoms with van der Waals surface area (Å²) >= 11 is 3.48. The van der Waals surface area contributed by atoms with Crippen molar-refractivity contribution in [2.75, 3.05) is 5.32 Å². The highest BCUT2D eigenvalue weighted by Gasteiger charge is 2.03. The van der Waals surface area contributed by atoms with Crippen LogP contribution in [-0.2, 0) is 0 Å². The third-order valence-corrected chi connectivity index (χ3v) is 3.21. The predicted octanol–water partition coefficient (Wildman–Crippen LogP) is 4.71. The first-order chi connectivity index (χ1) is 8.16. The van der Waals surface area contributed by atoms with Gasteiger partial charge in [-0.3, -0.25) is 0 Å². The molecule has 1 heterocycles. The molecule has 0 atom stereocenters. The van der Waals surface area contributed by atoms with Crippen LogP contribution in [0.15, 0.2) is 47.1 Å². The second-order valence-corrected chi connectivity index (χ2v) is 5.09. The van der Waals surface area contributed by atoms with Crippen LogP contribution in [0.5, 0.6) is 0 Å². The molecule has 1 N–H and O–H groups in total. The summed E-state index contributed by atoms with van der Waals surface area (Å²) in [5.41, 5.74) is 2.39. The van der Waals surface area contributed by atoms with Gasteiger partial charge in [-0.2, -0.15) is 0 Å². The van der Waals surface area contributed by atoms with Gasteiger partial charge in [0, 0.05) is 11.9 Å². The van der Waals surface area contributed by atoms with E-state index in [0.29, 0.717) is 5.92 Å². The zero-order valence-corrected chi connectivity index (χ0v) is 11.5. The fourth-order valence-electron chi connectivity index (χ4n) is 1.59. The topological polar surface area (TPSA) is 24.9 Å². The molecule has 0 aliphatic rings. The molecule has 0 aliphatic heterocycles. The van der Waals surface area contributed by atoms with Crippen LogP contribution in [0.1, 0.15) is 25.3 Å². The summed E-state index contributed by atoms with van der Waals surface area (Å²) < 4.78 is 0.968. The zero-order valence-electron chi connectivity index (χ0n) is 9.94. The third-order valence-electron chi connectivity index (χ3n) is 2.57. The zero-order chi connectivity index (χ0) is 12.3. The van der Waals surface area contributed by atoms with E-state index in [2.05, 4.69) is 58.3 Å². The highest BCUT2D eigenvalue weighted by atomic mass is 79.9. The van der Waals surface area contributed by atoms with Gasteiger partial charge in [-0.05, 0) is 51.7 Å². The van der Waals surface area contributed by atoms with Crippen LogP contribution < -0.4 is 5.32 Å². The molecular weight excluding hydrogens is 276 g/mol. The summed E-state index contributed by atoms with van der Waals surface area (Å²) in [5, 5.41) is 3.31. The van der Waals surface area contributed by atoms with E-state index < -0.39 is 0 Å². The van der Waals surface area contributed by atoms with E-state index in [1.165, 1.54) is 5.56 Å². The van der Waals surface area contributed by atoms with Crippen molar-refractivity contribution in [1.82, 2.24) is 4.98 Å². The van der Waals surface area contributed by atoms with Gasteiger partial charge in [0.2, 0.25) is 0 Å². The van der Waals surface area contributed by atoms with Crippen LogP contribution >= 0.6 is 15.9 Å². The summed E-state index contributed by atoms with van der Waals surface area (Å²) in [6.07, 6.45) is 1.78. The van der Waals surface area contributed by atoms with Crippen molar-refractivity contribution in [1.29, 1.82) is 0 Å². The number of hydrogen-bond donors (Lipinski definition) is 1. The molecule has 3 heteroatoms. The lowest BCUT2D eigenvalue weighted by Crippen LogP contribution is -1.95. The van der Waals surface area contributed by atoms with Crippen molar-refractivity contribution in [2.45, 2.75) is 19.8 Å². The number of nitrogens with zero attached hydrogens (tertiary/aromatic N) is 1. The summed E-state index contributed by atoms with van der Waals surface area (Å²) in [6.45, 7) is 4.38. The van der Waals surface area contributed by atoms with Gasteiger partial charge in [-0.25, -0.2) is 4.98 Å². The van der Waals surface area contributed by atoms with Crippen molar-refractivity contribution in [3.05, 3.63) is 52.6 Å². The second-order valence-electron chi connectivity index (χ2n) is 4.24. The van der Waals surface area contributed by atoms with Crippen molar-refractivity contribution in [2.24, 2.45) is 0 Å². The Hall–Kier alpha value is -1.35. The molecule has 0 radical (unpaired) electrons. The fraction of sp³-hybridized carbons (Fsp3) is 0.214. The summed E-state index contributed by atoms with van der Waals surface area (Å²) in [7, 11) is 0. The number of rotatable bonds is 3. The summed E-state index contributed by atoms with van der Waals surface area (Å²) in [6, 6.07) is 12.3. The Bertz CT molecular complexity index is 509. The Labute approximate surface area is 110 Å². The average Bonchev–Trinajstić information content (AvgIpc) is 2.32. The quantitative estimate of drug-likeness (QED) is 0.885. The van der Waals surface area contributed by atoms with Crippen LogP contribution in [0, 0.1) is 0 Å². The SMILES string of the molecule is CC(C)c1cccc(Nc2ncccc2Br)c1. The first-order valence-corrected chi connectivity index (χ1v) is 6.43. The average molecular weight is 291 g/mol. The molecule has 1 aromatic carbocycles. The lowest BCUT2D eigenvalue weighted by atomic mass is 10.0. The molecule has 1 aromatic heterocycles. The van der Waals surface area contributed by atoms with E-state index in [4.69, 9.17) is 0 Å². The highest BCUT2D eigenvalue weighted by Crippen LogP contribution is 2.25. The Morgan fingerprint density at radius 2 is 2.00 bits per heavy atom. The van der Waals surface area contributed by atoms with E-state index in [-0.39, 0.29) is 0 Å². The third kappa shape index (κ3) is 3.07. The summed E-state index contributed by atoms with van der Waals surface area (Å²) in [5.74, 6) is 1.37. The molecule has 0 aliphatic carbocycles. The van der Waals surface area contributed by atoms with Gasteiger partial charge in [0.1, 0.15) is 5.82 Å². The van der Waals surface area contributed by atoms with Crippen molar-refractivity contribution >= 4 is 27.4 Å². The fourth-order valence-corrected chi connectivity index (χ4v) is 1.94. The number of hydrogen-bond acceptors (Lipinski definition) is 2. The minimum Gasteiger partial charge on any atom is -0.339 e. The lowest BCUT2D eigenvalue weighted by Gasteiger charge is -2.10. The molecule has 0 saturated heterocycles. The molecule has 2 rings (SSSR count). The standard InChI is InChI=1S/C14H15BrN2/c1-10(2)11-5-3-6-12(9-11)17-14-13(15)7-4-8-16-14/h3-10H,1-2H3,(H,16,17). The molecule has 0 saturated carbocycles. The minimum atomic E-state index is 0.531. The van der Waals surface area contributed by atoms with Crippen LogP contribution in [0.4, 0.5) is 11.5 Å². The first-order valence-electron chi connectivity index (χ1n) is 5.64. The van der Waals surface area contributed by atoms with Gasteiger partial charge < -0.3 is 5.32 Å². The van der Waals surface area contributed by atoms with Crippen molar-refractivity contribution < 1.29 is 0 Å².